The first-order valence-electron chi connectivity index (χ1n) is 14.2. The van der Waals surface area contributed by atoms with Gasteiger partial charge in [0, 0.05) is 23.4 Å². The minimum absolute atomic E-state index is 0.0588. The molecule has 2 aliphatic carbocycles. The Labute approximate surface area is 243 Å². The van der Waals surface area contributed by atoms with Crippen molar-refractivity contribution in [2.45, 2.75) is 97.4 Å². The third-order valence-electron chi connectivity index (χ3n) is 7.64. The zero-order valence-electron chi connectivity index (χ0n) is 23.9. The number of thiophene rings is 1. The van der Waals surface area contributed by atoms with Gasteiger partial charge < -0.3 is 14.7 Å². The number of carboxylic acids is 1. The highest BCUT2D eigenvalue weighted by Gasteiger charge is 2.38. The molecular weight excluding hydrogens is 553 g/mol. The number of amides is 1. The van der Waals surface area contributed by atoms with Gasteiger partial charge in [0.25, 0.3) is 0 Å². The number of pyridine rings is 1. The topological polar surface area (TPSA) is 79.7 Å². The lowest BCUT2D eigenvalue weighted by molar-refractivity contribution is -0.141. The van der Waals surface area contributed by atoms with Gasteiger partial charge in [-0.2, -0.15) is 13.2 Å². The summed E-state index contributed by atoms with van der Waals surface area (Å²) in [6.45, 7) is 8.10. The molecule has 0 spiro atoms. The molecule has 1 N–H and O–H groups in total. The molecule has 41 heavy (non-hydrogen) atoms. The average Bonchev–Trinajstić information content (AvgIpc) is 3.32. The summed E-state index contributed by atoms with van der Waals surface area (Å²) in [4.78, 5) is 32.4. The normalized spacial score (nSPS) is 23.3. The predicted molar refractivity (Wildman–Crippen MR) is 152 cm³/mol. The zero-order chi connectivity index (χ0) is 29.9. The Bertz CT molecular complexity index is 1310. The molecule has 10 heteroatoms. The maximum Gasteiger partial charge on any atom is 0.433 e. The average molecular weight is 591 g/mol. The van der Waals surface area contributed by atoms with Gasteiger partial charge in [-0.1, -0.05) is 24.8 Å². The van der Waals surface area contributed by atoms with Crippen LogP contribution in [0.2, 0.25) is 0 Å². The van der Waals surface area contributed by atoms with E-state index in [9.17, 15) is 27.9 Å². The number of alkyl halides is 3. The standard InChI is InChI=1S/C31H37F3N2O4S/c1-19-8-10-20(11-9-19)28(37)36(24-18-23(16-17-30(2,3)4)41-27(24)29(38)39)21-12-14-22(15-13-21)40-26-7-5-6-25(35-26)31(32,33)34/h5-7,18-22H,8-15H2,1-4H3,(H,38,39)/t19-,20-,21-,22-. The second-order valence-electron chi connectivity index (χ2n) is 12.2. The number of halogens is 3. The third kappa shape index (κ3) is 8.03. The van der Waals surface area contributed by atoms with Crippen molar-refractivity contribution >= 4 is 28.9 Å². The van der Waals surface area contributed by atoms with Crippen molar-refractivity contribution in [3.63, 3.8) is 0 Å². The molecule has 2 saturated carbocycles. The van der Waals surface area contributed by atoms with Crippen LogP contribution in [0.3, 0.4) is 0 Å². The van der Waals surface area contributed by atoms with Gasteiger partial charge in [0.2, 0.25) is 11.8 Å². The number of nitrogens with zero attached hydrogens (tertiary/aromatic N) is 2. The quantitative estimate of drug-likeness (QED) is 0.347. The molecule has 0 saturated heterocycles. The fourth-order valence-electron chi connectivity index (χ4n) is 5.45. The molecule has 0 atom stereocenters. The number of carbonyl (C=O) groups is 2. The van der Waals surface area contributed by atoms with Crippen LogP contribution in [-0.4, -0.2) is 34.1 Å². The van der Waals surface area contributed by atoms with Crippen LogP contribution >= 0.6 is 11.3 Å². The number of anilines is 1. The van der Waals surface area contributed by atoms with Crippen LogP contribution < -0.4 is 9.64 Å². The smallest absolute Gasteiger partial charge is 0.433 e. The molecule has 0 aliphatic heterocycles. The lowest BCUT2D eigenvalue weighted by atomic mass is 9.81. The fourth-order valence-corrected chi connectivity index (χ4v) is 6.30. The van der Waals surface area contributed by atoms with E-state index in [2.05, 4.69) is 23.7 Å². The highest BCUT2D eigenvalue weighted by Crippen LogP contribution is 2.39. The van der Waals surface area contributed by atoms with E-state index in [1.54, 1.807) is 11.0 Å². The van der Waals surface area contributed by atoms with Crippen LogP contribution in [-0.2, 0) is 11.0 Å². The molecule has 1 amide bonds. The summed E-state index contributed by atoms with van der Waals surface area (Å²) in [5.74, 6) is 5.37. The molecule has 222 valence electrons. The van der Waals surface area contributed by atoms with E-state index in [1.165, 1.54) is 12.1 Å². The number of hydrogen-bond acceptors (Lipinski definition) is 5. The van der Waals surface area contributed by atoms with E-state index in [1.807, 2.05) is 20.8 Å². The second-order valence-corrected chi connectivity index (χ2v) is 13.3. The molecule has 2 fully saturated rings. The Kier molecular flexibility index (Phi) is 9.37. The fraction of sp³-hybridized carbons (Fsp3) is 0.581. The number of carbonyl (C=O) groups excluding carboxylic acids is 1. The molecule has 2 aromatic rings. The molecule has 2 heterocycles. The van der Waals surface area contributed by atoms with Gasteiger partial charge >= 0.3 is 12.1 Å². The van der Waals surface area contributed by atoms with Crippen LogP contribution in [0.5, 0.6) is 5.88 Å². The highest BCUT2D eigenvalue weighted by atomic mass is 32.1. The Morgan fingerprint density at radius 1 is 1.05 bits per heavy atom. The van der Waals surface area contributed by atoms with Crippen molar-refractivity contribution in [2.75, 3.05) is 4.90 Å². The minimum Gasteiger partial charge on any atom is -0.477 e. The molecule has 2 aromatic heterocycles. The summed E-state index contributed by atoms with van der Waals surface area (Å²) in [5, 5.41) is 10.1. The van der Waals surface area contributed by atoms with Crippen LogP contribution in [0.1, 0.15) is 99.3 Å². The van der Waals surface area contributed by atoms with Crippen LogP contribution in [0, 0.1) is 29.1 Å². The molecule has 0 unspecified atom stereocenters. The lowest BCUT2D eigenvalue weighted by Gasteiger charge is -2.39. The Hall–Kier alpha value is -3.06. The van der Waals surface area contributed by atoms with Gasteiger partial charge in [-0.25, -0.2) is 9.78 Å². The van der Waals surface area contributed by atoms with Crippen LogP contribution in [0.15, 0.2) is 24.3 Å². The number of hydrogen-bond donors (Lipinski definition) is 1. The van der Waals surface area contributed by atoms with E-state index in [0.717, 1.165) is 43.1 Å². The van der Waals surface area contributed by atoms with Crippen molar-refractivity contribution in [3.8, 4) is 17.7 Å². The lowest BCUT2D eigenvalue weighted by Crippen LogP contribution is -2.47. The maximum absolute atomic E-state index is 14.1. The van der Waals surface area contributed by atoms with E-state index >= 15 is 0 Å². The monoisotopic (exact) mass is 590 g/mol. The van der Waals surface area contributed by atoms with Crippen LogP contribution in [0.25, 0.3) is 0 Å². The Morgan fingerprint density at radius 2 is 1.71 bits per heavy atom. The van der Waals surface area contributed by atoms with Gasteiger partial charge in [-0.05, 0) is 90.2 Å². The van der Waals surface area contributed by atoms with Gasteiger partial charge in [0.05, 0.1) is 10.6 Å². The first kappa shape index (κ1) is 30.9. The number of aromatic nitrogens is 1. The van der Waals surface area contributed by atoms with E-state index in [0.29, 0.717) is 42.2 Å². The maximum atomic E-state index is 14.1. The summed E-state index contributed by atoms with van der Waals surface area (Å²) < 4.78 is 45.1. The van der Waals surface area contributed by atoms with E-state index in [-0.39, 0.29) is 40.1 Å². The van der Waals surface area contributed by atoms with Crippen molar-refractivity contribution in [2.24, 2.45) is 17.3 Å². The van der Waals surface area contributed by atoms with Gasteiger partial charge in [0.15, 0.2) is 0 Å². The molecule has 0 bridgehead atoms. The molecule has 0 aromatic carbocycles. The van der Waals surface area contributed by atoms with E-state index in [4.69, 9.17) is 4.74 Å². The molecule has 2 aliphatic rings. The van der Waals surface area contributed by atoms with Crippen molar-refractivity contribution in [1.29, 1.82) is 0 Å². The summed E-state index contributed by atoms with van der Waals surface area (Å²) in [6.07, 6.45) is 0.552. The van der Waals surface area contributed by atoms with Crippen LogP contribution in [0.4, 0.5) is 18.9 Å². The van der Waals surface area contributed by atoms with Crippen molar-refractivity contribution in [1.82, 2.24) is 4.98 Å². The first-order valence-corrected chi connectivity index (χ1v) is 15.0. The molecule has 0 radical (unpaired) electrons. The van der Waals surface area contributed by atoms with Gasteiger partial charge in [0.1, 0.15) is 16.7 Å². The predicted octanol–water partition coefficient (Wildman–Crippen LogP) is 7.81. The summed E-state index contributed by atoms with van der Waals surface area (Å²) in [6, 6.07) is 5.05. The Morgan fingerprint density at radius 3 is 2.29 bits per heavy atom. The third-order valence-corrected chi connectivity index (χ3v) is 8.67. The SMILES string of the molecule is CC(C)(C)C#Cc1cc(N(C(=O)[C@H]2CC[C@H](C)CC2)[C@H]2CC[C@H](Oc3cccc(C(F)(F)F)n3)CC2)c(C(=O)O)s1. The van der Waals surface area contributed by atoms with Crippen molar-refractivity contribution in [3.05, 3.63) is 39.7 Å². The largest absolute Gasteiger partial charge is 0.477 e. The number of carboxylic acid groups (broad SMARTS) is 1. The first-order chi connectivity index (χ1) is 19.2. The summed E-state index contributed by atoms with van der Waals surface area (Å²) in [5.41, 5.74) is -0.895. The van der Waals surface area contributed by atoms with Crippen molar-refractivity contribution < 1.29 is 32.6 Å². The number of ether oxygens (including phenoxy) is 1. The minimum atomic E-state index is -4.56. The van der Waals surface area contributed by atoms with Gasteiger partial charge in [-0.15, -0.1) is 11.3 Å². The highest BCUT2D eigenvalue weighted by molar-refractivity contribution is 7.15. The molecular formula is C31H37F3N2O4S. The summed E-state index contributed by atoms with van der Waals surface area (Å²) >= 11 is 1.08. The second kappa shape index (κ2) is 12.4. The Balaban J connectivity index is 1.58. The van der Waals surface area contributed by atoms with Gasteiger partial charge in [-0.3, -0.25) is 4.79 Å². The molecule has 6 nitrogen and oxygen atoms in total. The zero-order valence-corrected chi connectivity index (χ0v) is 24.7. The van der Waals surface area contributed by atoms with E-state index < -0.39 is 17.8 Å². The summed E-state index contributed by atoms with van der Waals surface area (Å²) in [7, 11) is 0. The number of aromatic carboxylic acids is 1. The number of rotatable bonds is 6. The molecule has 4 rings (SSSR count).